The first kappa shape index (κ1) is 20.9. The number of methoxy groups -OCH3 is 1. The third-order valence-corrected chi connectivity index (χ3v) is 5.33. The van der Waals surface area contributed by atoms with Gasteiger partial charge in [-0.25, -0.2) is 0 Å². The number of hydrogen-bond donors (Lipinski definition) is 2. The Balaban J connectivity index is 1.79. The van der Waals surface area contributed by atoms with Gasteiger partial charge in [0.1, 0.15) is 11.8 Å². The first-order valence-corrected chi connectivity index (χ1v) is 10.1. The lowest BCUT2D eigenvalue weighted by Crippen LogP contribution is -2.48. The van der Waals surface area contributed by atoms with Gasteiger partial charge in [0, 0.05) is 18.7 Å². The van der Waals surface area contributed by atoms with Crippen molar-refractivity contribution in [1.82, 2.24) is 15.5 Å². The molecule has 2 N–H and O–H groups in total. The Bertz CT molecular complexity index is 806. The van der Waals surface area contributed by atoms with Crippen LogP contribution < -0.4 is 15.4 Å². The minimum Gasteiger partial charge on any atom is -0.497 e. The van der Waals surface area contributed by atoms with Gasteiger partial charge in [-0.2, -0.15) is 0 Å². The average molecular weight is 396 g/mol. The molecule has 0 radical (unpaired) electrons. The van der Waals surface area contributed by atoms with E-state index < -0.39 is 6.04 Å². The van der Waals surface area contributed by atoms with E-state index in [1.165, 1.54) is 0 Å². The number of benzene rings is 2. The molecule has 2 atom stereocenters. The number of hydrogen-bond acceptors (Lipinski definition) is 4. The highest BCUT2D eigenvalue weighted by Gasteiger charge is 2.31. The molecule has 2 unspecified atom stereocenters. The zero-order chi connectivity index (χ0) is 20.6. The molecule has 29 heavy (non-hydrogen) atoms. The highest BCUT2D eigenvalue weighted by molar-refractivity contribution is 5.98. The maximum absolute atomic E-state index is 13.4. The number of carbonyl (C=O) groups excluding carboxylic acids is 2. The predicted octanol–water partition coefficient (Wildman–Crippen LogP) is 2.62. The number of piperidine rings is 1. The van der Waals surface area contributed by atoms with E-state index >= 15 is 0 Å². The van der Waals surface area contributed by atoms with Crippen LogP contribution >= 0.6 is 0 Å². The van der Waals surface area contributed by atoms with Crippen molar-refractivity contribution in [3.05, 3.63) is 65.7 Å². The molecule has 2 amide bonds. The van der Waals surface area contributed by atoms with Gasteiger partial charge in [0.05, 0.1) is 7.11 Å². The van der Waals surface area contributed by atoms with Crippen LogP contribution in [-0.4, -0.2) is 50.5 Å². The molecular weight excluding hydrogens is 366 g/mol. The number of rotatable bonds is 7. The summed E-state index contributed by atoms with van der Waals surface area (Å²) in [4.78, 5) is 28.1. The van der Waals surface area contributed by atoms with Gasteiger partial charge in [0.15, 0.2) is 0 Å². The second-order valence-electron chi connectivity index (χ2n) is 7.40. The smallest absolute Gasteiger partial charge is 0.252 e. The van der Waals surface area contributed by atoms with Gasteiger partial charge in [-0.15, -0.1) is 0 Å². The van der Waals surface area contributed by atoms with Crippen molar-refractivity contribution in [1.29, 1.82) is 0 Å². The maximum atomic E-state index is 13.4. The molecule has 1 fully saturated rings. The standard InChI is InChI=1S/C23H29N3O3/c1-24-15-17-7-6-14-26(16-17)23(28)21(18-8-4-3-5-9-18)25-22(27)19-10-12-20(29-2)13-11-19/h3-5,8-13,17,21,24H,6-7,14-16H2,1-2H3,(H,25,27). The third kappa shape index (κ3) is 5.35. The maximum Gasteiger partial charge on any atom is 0.252 e. The van der Waals surface area contributed by atoms with Crippen molar-refractivity contribution < 1.29 is 14.3 Å². The Hall–Kier alpha value is -2.86. The van der Waals surface area contributed by atoms with Crippen molar-refractivity contribution >= 4 is 11.8 Å². The fourth-order valence-corrected chi connectivity index (χ4v) is 3.79. The van der Waals surface area contributed by atoms with Gasteiger partial charge in [0.2, 0.25) is 5.91 Å². The Morgan fingerprint density at radius 1 is 1.14 bits per heavy atom. The molecular formula is C23H29N3O3. The van der Waals surface area contributed by atoms with Gasteiger partial charge in [0.25, 0.3) is 5.91 Å². The van der Waals surface area contributed by atoms with Crippen molar-refractivity contribution in [2.24, 2.45) is 5.92 Å². The van der Waals surface area contributed by atoms with E-state index in [1.54, 1.807) is 31.4 Å². The van der Waals surface area contributed by atoms with Crippen LogP contribution in [0.1, 0.15) is 34.8 Å². The Morgan fingerprint density at radius 3 is 2.52 bits per heavy atom. The molecule has 3 rings (SSSR count). The molecule has 1 saturated heterocycles. The van der Waals surface area contributed by atoms with E-state index in [4.69, 9.17) is 4.74 Å². The molecule has 6 nitrogen and oxygen atoms in total. The number of likely N-dealkylation sites (tertiary alicyclic amines) is 1. The normalized spacial score (nSPS) is 17.4. The third-order valence-electron chi connectivity index (χ3n) is 5.33. The lowest BCUT2D eigenvalue weighted by Gasteiger charge is -2.35. The van der Waals surface area contributed by atoms with Gasteiger partial charge in [-0.3, -0.25) is 9.59 Å². The summed E-state index contributed by atoms with van der Waals surface area (Å²) >= 11 is 0. The Labute approximate surface area is 172 Å². The highest BCUT2D eigenvalue weighted by Crippen LogP contribution is 2.22. The monoisotopic (exact) mass is 395 g/mol. The van der Waals surface area contributed by atoms with E-state index in [0.717, 1.165) is 31.5 Å². The largest absolute Gasteiger partial charge is 0.497 e. The Morgan fingerprint density at radius 2 is 1.86 bits per heavy atom. The molecule has 2 aromatic carbocycles. The van der Waals surface area contributed by atoms with E-state index in [0.29, 0.717) is 23.8 Å². The quantitative estimate of drug-likeness (QED) is 0.756. The number of nitrogens with one attached hydrogen (secondary N) is 2. The zero-order valence-corrected chi connectivity index (χ0v) is 17.1. The molecule has 0 aliphatic carbocycles. The lowest BCUT2D eigenvalue weighted by molar-refractivity contribution is -0.135. The van der Waals surface area contributed by atoms with Crippen LogP contribution in [0, 0.1) is 5.92 Å². The molecule has 0 spiro atoms. The summed E-state index contributed by atoms with van der Waals surface area (Å²) in [6.07, 6.45) is 2.09. The number of amides is 2. The van der Waals surface area contributed by atoms with Crippen molar-refractivity contribution in [3.63, 3.8) is 0 Å². The zero-order valence-electron chi connectivity index (χ0n) is 17.1. The summed E-state index contributed by atoms with van der Waals surface area (Å²) in [7, 11) is 3.52. The van der Waals surface area contributed by atoms with Crippen molar-refractivity contribution in [2.75, 3.05) is 33.8 Å². The summed E-state index contributed by atoms with van der Waals surface area (Å²) in [6, 6.07) is 15.6. The van der Waals surface area contributed by atoms with Crippen LogP contribution in [0.15, 0.2) is 54.6 Å². The van der Waals surface area contributed by atoms with E-state index in [9.17, 15) is 9.59 Å². The molecule has 0 saturated carbocycles. The fourth-order valence-electron chi connectivity index (χ4n) is 3.79. The lowest BCUT2D eigenvalue weighted by atomic mass is 9.96. The molecule has 0 aromatic heterocycles. The summed E-state index contributed by atoms with van der Waals surface area (Å²) in [5, 5.41) is 6.15. The van der Waals surface area contributed by atoms with Crippen LogP contribution in [0.25, 0.3) is 0 Å². The number of carbonyl (C=O) groups is 2. The van der Waals surface area contributed by atoms with Crippen LogP contribution in [0.3, 0.4) is 0 Å². The van der Waals surface area contributed by atoms with Crippen LogP contribution in [0.2, 0.25) is 0 Å². The molecule has 2 aromatic rings. The minimum absolute atomic E-state index is 0.0566. The van der Waals surface area contributed by atoms with E-state index in [-0.39, 0.29) is 11.8 Å². The Kier molecular flexibility index (Phi) is 7.25. The van der Waals surface area contributed by atoms with Crippen LogP contribution in [0.4, 0.5) is 0 Å². The molecule has 1 heterocycles. The SMILES string of the molecule is CNCC1CCCN(C(=O)C(NC(=O)c2ccc(OC)cc2)c2ccccc2)C1. The van der Waals surface area contributed by atoms with Gasteiger partial charge < -0.3 is 20.3 Å². The summed E-state index contributed by atoms with van der Waals surface area (Å²) in [5.41, 5.74) is 1.28. The topological polar surface area (TPSA) is 70.7 Å². The van der Waals surface area contributed by atoms with Crippen molar-refractivity contribution in [2.45, 2.75) is 18.9 Å². The highest BCUT2D eigenvalue weighted by atomic mass is 16.5. The van der Waals surface area contributed by atoms with Crippen LogP contribution in [0.5, 0.6) is 5.75 Å². The first-order chi connectivity index (χ1) is 14.1. The molecule has 154 valence electrons. The summed E-state index contributed by atoms with van der Waals surface area (Å²) in [6.45, 7) is 2.32. The second kappa shape index (κ2) is 10.1. The molecule has 6 heteroatoms. The number of nitrogens with zero attached hydrogens (tertiary/aromatic N) is 1. The predicted molar refractivity (Wildman–Crippen MR) is 113 cm³/mol. The first-order valence-electron chi connectivity index (χ1n) is 10.1. The minimum atomic E-state index is -0.709. The number of ether oxygens (including phenoxy) is 1. The van der Waals surface area contributed by atoms with Gasteiger partial charge >= 0.3 is 0 Å². The molecule has 0 bridgehead atoms. The second-order valence-corrected chi connectivity index (χ2v) is 7.40. The van der Waals surface area contributed by atoms with Crippen LogP contribution in [-0.2, 0) is 4.79 Å². The van der Waals surface area contributed by atoms with Gasteiger partial charge in [-0.1, -0.05) is 30.3 Å². The summed E-state index contributed by atoms with van der Waals surface area (Å²) < 4.78 is 5.15. The summed E-state index contributed by atoms with van der Waals surface area (Å²) in [5.74, 6) is 0.782. The fraction of sp³-hybridized carbons (Fsp3) is 0.391. The average Bonchev–Trinajstić information content (AvgIpc) is 2.78. The molecule has 1 aliphatic rings. The van der Waals surface area contributed by atoms with E-state index in [1.807, 2.05) is 42.3 Å². The van der Waals surface area contributed by atoms with E-state index in [2.05, 4.69) is 10.6 Å². The molecule has 1 aliphatic heterocycles. The van der Waals surface area contributed by atoms with Gasteiger partial charge in [-0.05, 0) is 62.2 Å². The van der Waals surface area contributed by atoms with Crippen molar-refractivity contribution in [3.8, 4) is 5.75 Å².